The molecule has 0 saturated heterocycles. The molecule has 0 radical (unpaired) electrons. The molecule has 0 aromatic carbocycles. The number of hydrogen-bond acceptors (Lipinski definition) is 3. The minimum absolute atomic E-state index is 0.278. The fourth-order valence-electron chi connectivity index (χ4n) is 1.96. The molecule has 1 aliphatic carbocycles. The molecule has 3 rings (SSSR count). The van der Waals surface area contributed by atoms with Gasteiger partial charge in [0.1, 0.15) is 0 Å². The predicted molar refractivity (Wildman–Crippen MR) is 52.5 cm³/mol. The highest BCUT2D eigenvalue weighted by Gasteiger charge is 2.24. The largest absolute Gasteiger partial charge is 0.371 e. The first-order chi connectivity index (χ1) is 6.45. The first-order valence-electron chi connectivity index (χ1n) is 4.55. The van der Waals surface area contributed by atoms with Crippen LogP contribution >= 0.6 is 0 Å². The second-order valence-corrected chi connectivity index (χ2v) is 3.40. The van der Waals surface area contributed by atoms with Crippen molar-refractivity contribution in [1.29, 1.82) is 0 Å². The number of nitrogens with one attached hydrogen (secondary N) is 2. The van der Waals surface area contributed by atoms with Crippen LogP contribution < -0.4 is 10.6 Å². The zero-order chi connectivity index (χ0) is 8.67. The Morgan fingerprint density at radius 3 is 3.46 bits per heavy atom. The Morgan fingerprint density at radius 1 is 1.46 bits per heavy atom. The number of dihydropyridines is 1. The summed E-state index contributed by atoms with van der Waals surface area (Å²) in [5.74, 6) is 0. The lowest BCUT2D eigenvalue weighted by atomic mass is 9.96. The van der Waals surface area contributed by atoms with Gasteiger partial charge in [-0.15, -0.1) is 0 Å². The van der Waals surface area contributed by atoms with E-state index in [2.05, 4.69) is 33.9 Å². The number of allylic oxidation sites excluding steroid dienone is 3. The summed E-state index contributed by atoms with van der Waals surface area (Å²) in [5, 5.41) is 6.58. The first kappa shape index (κ1) is 7.09. The van der Waals surface area contributed by atoms with Gasteiger partial charge in [0.2, 0.25) is 0 Å². The zero-order valence-corrected chi connectivity index (χ0v) is 7.25. The van der Waals surface area contributed by atoms with E-state index in [0.717, 1.165) is 13.2 Å². The summed E-state index contributed by atoms with van der Waals surface area (Å²) < 4.78 is 0. The van der Waals surface area contributed by atoms with Crippen molar-refractivity contribution in [3.05, 3.63) is 35.1 Å². The van der Waals surface area contributed by atoms with Gasteiger partial charge in [0, 0.05) is 12.8 Å². The van der Waals surface area contributed by atoms with E-state index in [1.807, 2.05) is 6.21 Å². The first-order valence-corrected chi connectivity index (χ1v) is 4.55. The third kappa shape index (κ3) is 0.971. The molecule has 3 nitrogen and oxygen atoms in total. The molecular weight excluding hydrogens is 162 g/mol. The maximum atomic E-state index is 4.45. The van der Waals surface area contributed by atoms with Crippen LogP contribution in [0.3, 0.4) is 0 Å². The summed E-state index contributed by atoms with van der Waals surface area (Å²) in [4.78, 5) is 4.45. The van der Waals surface area contributed by atoms with Crippen molar-refractivity contribution in [1.82, 2.24) is 10.6 Å². The third-order valence-corrected chi connectivity index (χ3v) is 2.63. The maximum Gasteiger partial charge on any atom is 0.0938 e. The van der Waals surface area contributed by atoms with Gasteiger partial charge in [-0.3, -0.25) is 10.3 Å². The molecule has 3 heteroatoms. The van der Waals surface area contributed by atoms with Crippen LogP contribution in [0.4, 0.5) is 0 Å². The van der Waals surface area contributed by atoms with Crippen molar-refractivity contribution in [2.45, 2.75) is 6.04 Å². The molecule has 0 saturated carbocycles. The lowest BCUT2D eigenvalue weighted by molar-refractivity contribution is 0.629. The standard InChI is InChI=1S/C10H11N3/c1-2-7-8-4-11-6-13-10(8)5-12-9(7)3-1/h1-3,5,9,11,13H,4,6H2. The Morgan fingerprint density at radius 2 is 2.46 bits per heavy atom. The summed E-state index contributed by atoms with van der Waals surface area (Å²) in [6, 6.07) is 0.278. The predicted octanol–water partition coefficient (Wildman–Crippen LogP) is 0.340. The molecule has 0 fully saturated rings. The van der Waals surface area contributed by atoms with E-state index in [-0.39, 0.29) is 6.04 Å². The van der Waals surface area contributed by atoms with Crippen LogP contribution in [-0.4, -0.2) is 25.5 Å². The number of rotatable bonds is 0. The highest BCUT2D eigenvalue weighted by atomic mass is 15.1. The average molecular weight is 173 g/mol. The molecule has 0 amide bonds. The Bertz CT molecular complexity index is 360. The van der Waals surface area contributed by atoms with Crippen LogP contribution in [0.5, 0.6) is 0 Å². The van der Waals surface area contributed by atoms with Gasteiger partial charge >= 0.3 is 0 Å². The monoisotopic (exact) mass is 173 g/mol. The van der Waals surface area contributed by atoms with E-state index >= 15 is 0 Å². The molecule has 1 atom stereocenters. The summed E-state index contributed by atoms with van der Waals surface area (Å²) >= 11 is 0. The van der Waals surface area contributed by atoms with E-state index in [0.29, 0.717) is 0 Å². The van der Waals surface area contributed by atoms with Gasteiger partial charge in [0.25, 0.3) is 0 Å². The molecular formula is C10H11N3. The Hall–Kier alpha value is -1.35. The number of aliphatic imine (C=N–C) groups is 1. The van der Waals surface area contributed by atoms with Gasteiger partial charge in [-0.2, -0.15) is 0 Å². The topological polar surface area (TPSA) is 36.4 Å². The molecule has 0 spiro atoms. The molecule has 1 unspecified atom stereocenters. The third-order valence-electron chi connectivity index (χ3n) is 2.63. The number of fused-ring (bicyclic) bond motifs is 2. The van der Waals surface area contributed by atoms with Crippen molar-refractivity contribution in [3.63, 3.8) is 0 Å². The summed E-state index contributed by atoms with van der Waals surface area (Å²) in [5.41, 5.74) is 3.90. The Balaban J connectivity index is 2.07. The average Bonchev–Trinajstić information content (AvgIpc) is 2.65. The normalized spacial score (nSPS) is 29.5. The van der Waals surface area contributed by atoms with Gasteiger partial charge < -0.3 is 5.32 Å². The SMILES string of the molecule is C1=CC2N=CC3=C(CNCN3)C2=C1. The molecule has 0 bridgehead atoms. The quantitative estimate of drug-likeness (QED) is 0.554. The van der Waals surface area contributed by atoms with Gasteiger partial charge in [-0.25, -0.2) is 0 Å². The molecule has 0 aromatic rings. The fraction of sp³-hybridized carbons (Fsp3) is 0.300. The van der Waals surface area contributed by atoms with Crippen LogP contribution in [-0.2, 0) is 0 Å². The van der Waals surface area contributed by atoms with Gasteiger partial charge in [0.15, 0.2) is 0 Å². The summed E-state index contributed by atoms with van der Waals surface area (Å²) in [6.07, 6.45) is 8.32. The molecule has 13 heavy (non-hydrogen) atoms. The second-order valence-electron chi connectivity index (χ2n) is 3.40. The van der Waals surface area contributed by atoms with Gasteiger partial charge in [-0.05, 0) is 11.1 Å². The van der Waals surface area contributed by atoms with Gasteiger partial charge in [0.05, 0.1) is 18.4 Å². The number of hydrogen-bond donors (Lipinski definition) is 2. The van der Waals surface area contributed by atoms with Crippen LogP contribution in [0.25, 0.3) is 0 Å². The molecule has 2 aliphatic heterocycles. The lowest BCUT2D eigenvalue weighted by Gasteiger charge is -2.26. The van der Waals surface area contributed by atoms with E-state index in [1.54, 1.807) is 0 Å². The zero-order valence-electron chi connectivity index (χ0n) is 7.25. The molecule has 3 aliphatic rings. The Labute approximate surface area is 76.9 Å². The summed E-state index contributed by atoms with van der Waals surface area (Å²) in [6.45, 7) is 1.80. The van der Waals surface area contributed by atoms with Crippen LogP contribution in [0.15, 0.2) is 40.1 Å². The molecule has 66 valence electrons. The molecule has 0 aromatic heterocycles. The van der Waals surface area contributed by atoms with Crippen molar-refractivity contribution in [2.24, 2.45) is 4.99 Å². The van der Waals surface area contributed by atoms with Crippen LogP contribution in [0.2, 0.25) is 0 Å². The van der Waals surface area contributed by atoms with Gasteiger partial charge in [-0.1, -0.05) is 18.2 Å². The summed E-state index contributed by atoms with van der Waals surface area (Å²) in [7, 11) is 0. The van der Waals surface area contributed by atoms with Crippen molar-refractivity contribution in [2.75, 3.05) is 13.2 Å². The Kier molecular flexibility index (Phi) is 1.40. The van der Waals surface area contributed by atoms with Crippen molar-refractivity contribution < 1.29 is 0 Å². The minimum atomic E-state index is 0.278. The van der Waals surface area contributed by atoms with E-state index in [4.69, 9.17) is 0 Å². The van der Waals surface area contributed by atoms with E-state index < -0.39 is 0 Å². The maximum absolute atomic E-state index is 4.45. The lowest BCUT2D eigenvalue weighted by Crippen LogP contribution is -2.39. The fourth-order valence-corrected chi connectivity index (χ4v) is 1.96. The highest BCUT2D eigenvalue weighted by molar-refractivity contribution is 5.84. The molecule has 2 N–H and O–H groups in total. The minimum Gasteiger partial charge on any atom is -0.371 e. The smallest absolute Gasteiger partial charge is 0.0938 e. The number of nitrogens with zero attached hydrogens (tertiary/aromatic N) is 1. The molecule has 2 heterocycles. The van der Waals surface area contributed by atoms with E-state index in [9.17, 15) is 0 Å². The van der Waals surface area contributed by atoms with Crippen LogP contribution in [0.1, 0.15) is 0 Å². The second kappa shape index (κ2) is 2.57. The van der Waals surface area contributed by atoms with Crippen molar-refractivity contribution >= 4 is 6.21 Å². The highest BCUT2D eigenvalue weighted by Crippen LogP contribution is 2.28. The van der Waals surface area contributed by atoms with Crippen molar-refractivity contribution in [3.8, 4) is 0 Å². The van der Waals surface area contributed by atoms with Crippen LogP contribution in [0, 0.1) is 0 Å². The van der Waals surface area contributed by atoms with E-state index in [1.165, 1.54) is 16.8 Å².